The third kappa shape index (κ3) is 3.70. The summed E-state index contributed by atoms with van der Waals surface area (Å²) in [6, 6.07) is 0.0675. The van der Waals surface area contributed by atoms with Gasteiger partial charge in [-0.2, -0.15) is 0 Å². The van der Waals surface area contributed by atoms with Crippen molar-refractivity contribution in [2.75, 3.05) is 13.1 Å². The molecule has 2 amide bonds. The van der Waals surface area contributed by atoms with E-state index in [1.807, 2.05) is 18.0 Å². The first-order valence-corrected chi connectivity index (χ1v) is 7.01. The average molecular weight is 253 g/mol. The van der Waals surface area contributed by atoms with Crippen molar-refractivity contribution in [3.05, 3.63) is 16.1 Å². The van der Waals surface area contributed by atoms with Crippen LogP contribution in [0.25, 0.3) is 0 Å². The van der Waals surface area contributed by atoms with E-state index < -0.39 is 0 Å². The average Bonchev–Trinajstić information content (AvgIpc) is 2.58. The van der Waals surface area contributed by atoms with Crippen molar-refractivity contribution in [3.8, 4) is 0 Å². The molecule has 1 aromatic rings. The number of likely N-dealkylation sites (tertiary alicyclic amines) is 1. The maximum atomic E-state index is 11.9. The van der Waals surface area contributed by atoms with Gasteiger partial charge in [0, 0.05) is 24.2 Å². The lowest BCUT2D eigenvalue weighted by Crippen LogP contribution is -2.39. The second kappa shape index (κ2) is 6.00. The molecule has 1 aliphatic rings. The molecule has 2 rings (SSSR count). The normalized spacial score (nSPS) is 16.6. The molecule has 4 nitrogen and oxygen atoms in total. The van der Waals surface area contributed by atoms with E-state index in [-0.39, 0.29) is 6.03 Å². The van der Waals surface area contributed by atoms with Crippen LogP contribution in [0.5, 0.6) is 0 Å². The van der Waals surface area contributed by atoms with Crippen LogP contribution in [-0.2, 0) is 6.54 Å². The summed E-state index contributed by atoms with van der Waals surface area (Å²) >= 11 is 1.64. The molecular weight excluding hydrogens is 234 g/mol. The van der Waals surface area contributed by atoms with Gasteiger partial charge in [0.1, 0.15) is 0 Å². The highest BCUT2D eigenvalue weighted by molar-refractivity contribution is 7.11. The highest BCUT2D eigenvalue weighted by Crippen LogP contribution is 2.12. The van der Waals surface area contributed by atoms with E-state index in [2.05, 4.69) is 10.3 Å². The third-order valence-electron chi connectivity index (χ3n) is 2.98. The number of aryl methyl sites for hydroxylation is 1. The van der Waals surface area contributed by atoms with Gasteiger partial charge in [-0.25, -0.2) is 9.78 Å². The van der Waals surface area contributed by atoms with Gasteiger partial charge in [0.05, 0.1) is 11.6 Å². The van der Waals surface area contributed by atoms with E-state index in [1.54, 1.807) is 11.3 Å². The fourth-order valence-electron chi connectivity index (χ4n) is 2.04. The van der Waals surface area contributed by atoms with Crippen molar-refractivity contribution in [2.24, 2.45) is 0 Å². The zero-order valence-corrected chi connectivity index (χ0v) is 11.1. The van der Waals surface area contributed by atoms with E-state index in [0.717, 1.165) is 35.8 Å². The molecule has 1 aromatic heterocycles. The van der Waals surface area contributed by atoms with Crippen LogP contribution in [0, 0.1) is 6.92 Å². The van der Waals surface area contributed by atoms with E-state index in [9.17, 15) is 4.79 Å². The molecule has 17 heavy (non-hydrogen) atoms. The summed E-state index contributed by atoms with van der Waals surface area (Å²) in [4.78, 5) is 19.2. The summed E-state index contributed by atoms with van der Waals surface area (Å²) in [5.41, 5.74) is 0. The Morgan fingerprint density at radius 3 is 2.71 bits per heavy atom. The van der Waals surface area contributed by atoms with Gasteiger partial charge >= 0.3 is 6.03 Å². The van der Waals surface area contributed by atoms with Crippen LogP contribution >= 0.6 is 11.3 Å². The summed E-state index contributed by atoms with van der Waals surface area (Å²) in [6.07, 6.45) is 6.60. The second-order valence-electron chi connectivity index (χ2n) is 4.41. The Hall–Kier alpha value is -1.10. The topological polar surface area (TPSA) is 45.2 Å². The number of nitrogens with zero attached hydrogens (tertiary/aromatic N) is 2. The molecule has 2 heterocycles. The fourth-order valence-corrected chi connectivity index (χ4v) is 2.77. The maximum absolute atomic E-state index is 11.9. The fraction of sp³-hybridized carbons (Fsp3) is 0.667. The van der Waals surface area contributed by atoms with Crippen LogP contribution in [0.2, 0.25) is 0 Å². The largest absolute Gasteiger partial charge is 0.333 e. The number of rotatable bonds is 2. The molecule has 1 saturated heterocycles. The maximum Gasteiger partial charge on any atom is 0.317 e. The smallest absolute Gasteiger partial charge is 0.317 e. The van der Waals surface area contributed by atoms with Gasteiger partial charge in [-0.15, -0.1) is 11.3 Å². The molecule has 0 bridgehead atoms. The Balaban J connectivity index is 1.79. The molecule has 1 aliphatic heterocycles. The minimum Gasteiger partial charge on any atom is -0.333 e. The predicted octanol–water partition coefficient (Wildman–Crippen LogP) is 2.54. The van der Waals surface area contributed by atoms with Crippen LogP contribution in [0.4, 0.5) is 4.79 Å². The first-order valence-electron chi connectivity index (χ1n) is 6.20. The molecular formula is C12H19N3OS. The molecule has 1 N–H and O–H groups in total. The minimum absolute atomic E-state index is 0.0675. The standard InChI is InChI=1S/C12H19N3OS/c1-10-13-8-11(17-10)9-14-12(16)15-6-4-2-3-5-7-15/h8H,2-7,9H2,1H3,(H,14,16). The number of nitrogens with one attached hydrogen (secondary N) is 1. The van der Waals surface area contributed by atoms with Gasteiger partial charge in [-0.3, -0.25) is 0 Å². The SMILES string of the molecule is Cc1ncc(CNC(=O)N2CCCCCC2)s1. The summed E-state index contributed by atoms with van der Waals surface area (Å²) in [5, 5.41) is 4.01. The number of thiazole rings is 1. The third-order valence-corrected chi connectivity index (χ3v) is 3.89. The summed E-state index contributed by atoms with van der Waals surface area (Å²) in [5.74, 6) is 0. The number of aromatic nitrogens is 1. The Bertz CT molecular complexity index is 370. The molecule has 0 atom stereocenters. The molecule has 0 unspecified atom stereocenters. The van der Waals surface area contributed by atoms with E-state index >= 15 is 0 Å². The van der Waals surface area contributed by atoms with Gasteiger partial charge in [0.25, 0.3) is 0 Å². The number of urea groups is 1. The van der Waals surface area contributed by atoms with Crippen molar-refractivity contribution in [3.63, 3.8) is 0 Å². The molecule has 1 fully saturated rings. The molecule has 0 aliphatic carbocycles. The number of hydrogen-bond donors (Lipinski definition) is 1. The van der Waals surface area contributed by atoms with Crippen LogP contribution in [0.15, 0.2) is 6.20 Å². The van der Waals surface area contributed by atoms with Crippen LogP contribution in [-0.4, -0.2) is 29.0 Å². The second-order valence-corrected chi connectivity index (χ2v) is 5.72. The van der Waals surface area contributed by atoms with Crippen molar-refractivity contribution in [2.45, 2.75) is 39.2 Å². The summed E-state index contributed by atoms with van der Waals surface area (Å²) in [7, 11) is 0. The molecule has 0 radical (unpaired) electrons. The number of amides is 2. The minimum atomic E-state index is 0.0675. The quantitative estimate of drug-likeness (QED) is 0.880. The molecule has 5 heteroatoms. The first-order chi connectivity index (χ1) is 8.25. The summed E-state index contributed by atoms with van der Waals surface area (Å²) < 4.78 is 0. The Morgan fingerprint density at radius 1 is 1.41 bits per heavy atom. The number of carbonyl (C=O) groups is 1. The zero-order chi connectivity index (χ0) is 12.1. The van der Waals surface area contributed by atoms with Crippen LogP contribution in [0.3, 0.4) is 0 Å². The lowest BCUT2D eigenvalue weighted by Gasteiger charge is -2.20. The van der Waals surface area contributed by atoms with Gasteiger partial charge in [0.2, 0.25) is 0 Å². The van der Waals surface area contributed by atoms with E-state index in [4.69, 9.17) is 0 Å². The van der Waals surface area contributed by atoms with Gasteiger partial charge in [0.15, 0.2) is 0 Å². The lowest BCUT2D eigenvalue weighted by molar-refractivity contribution is 0.199. The molecule has 0 saturated carbocycles. The van der Waals surface area contributed by atoms with Crippen molar-refractivity contribution < 1.29 is 4.79 Å². The van der Waals surface area contributed by atoms with Crippen LogP contribution < -0.4 is 5.32 Å². The van der Waals surface area contributed by atoms with Gasteiger partial charge in [-0.1, -0.05) is 12.8 Å². The van der Waals surface area contributed by atoms with Crippen molar-refractivity contribution >= 4 is 17.4 Å². The first kappa shape index (κ1) is 12.4. The molecule has 94 valence electrons. The number of hydrogen-bond acceptors (Lipinski definition) is 3. The zero-order valence-electron chi connectivity index (χ0n) is 10.2. The van der Waals surface area contributed by atoms with Gasteiger partial charge < -0.3 is 10.2 Å². The Morgan fingerprint density at radius 2 is 2.12 bits per heavy atom. The summed E-state index contributed by atoms with van der Waals surface area (Å²) in [6.45, 7) is 4.37. The lowest BCUT2D eigenvalue weighted by atomic mass is 10.2. The molecule has 0 aromatic carbocycles. The van der Waals surface area contributed by atoms with Crippen molar-refractivity contribution in [1.82, 2.24) is 15.2 Å². The highest BCUT2D eigenvalue weighted by atomic mass is 32.1. The molecule has 0 spiro atoms. The monoisotopic (exact) mass is 253 g/mol. The number of carbonyl (C=O) groups excluding carboxylic acids is 1. The van der Waals surface area contributed by atoms with E-state index in [1.165, 1.54) is 12.8 Å². The Labute approximate surface area is 106 Å². The predicted molar refractivity (Wildman–Crippen MR) is 69.1 cm³/mol. The van der Waals surface area contributed by atoms with Gasteiger partial charge in [-0.05, 0) is 19.8 Å². The Kier molecular flexibility index (Phi) is 4.36. The van der Waals surface area contributed by atoms with Crippen molar-refractivity contribution in [1.29, 1.82) is 0 Å². The van der Waals surface area contributed by atoms with Crippen LogP contribution in [0.1, 0.15) is 35.6 Å². The highest BCUT2D eigenvalue weighted by Gasteiger charge is 2.14. The van der Waals surface area contributed by atoms with E-state index in [0.29, 0.717) is 6.54 Å².